The van der Waals surface area contributed by atoms with Gasteiger partial charge in [-0.15, -0.1) is 11.3 Å². The predicted octanol–water partition coefficient (Wildman–Crippen LogP) is 12.0. The molecule has 0 aliphatic rings. The van der Waals surface area contributed by atoms with E-state index in [-0.39, 0.29) is 0 Å². The molecule has 0 aliphatic carbocycles. The second-order valence-corrected chi connectivity index (χ2v) is 13.5. The Morgan fingerprint density at radius 1 is 0.380 bits per heavy atom. The average Bonchev–Trinajstić information content (AvgIpc) is 3.74. The second kappa shape index (κ2) is 11.6. The van der Waals surface area contributed by atoms with Gasteiger partial charge in [-0.2, -0.15) is 9.97 Å². The summed E-state index contributed by atoms with van der Waals surface area (Å²) in [5, 5.41) is 4.91. The van der Waals surface area contributed by atoms with Crippen LogP contribution >= 0.6 is 11.3 Å². The van der Waals surface area contributed by atoms with Gasteiger partial charge in [0.1, 0.15) is 0 Å². The molecule has 3 aromatic heterocycles. The van der Waals surface area contributed by atoms with E-state index < -0.39 is 0 Å². The van der Waals surface area contributed by atoms with Crippen molar-refractivity contribution in [3.8, 4) is 51.0 Å². The van der Waals surface area contributed by atoms with Gasteiger partial charge in [-0.25, -0.2) is 4.98 Å². The zero-order valence-electron chi connectivity index (χ0n) is 26.9. The van der Waals surface area contributed by atoms with Gasteiger partial charge in [-0.05, 0) is 46.5 Å². The normalized spacial score (nSPS) is 11.6. The molecule has 0 unspecified atom stereocenters. The van der Waals surface area contributed by atoms with Crippen LogP contribution < -0.4 is 0 Å². The van der Waals surface area contributed by atoms with E-state index in [4.69, 9.17) is 15.0 Å². The second-order valence-electron chi connectivity index (χ2n) is 12.5. The van der Waals surface area contributed by atoms with Crippen LogP contribution in [0.3, 0.4) is 0 Å². The largest absolute Gasteiger partial charge is 0.278 e. The molecule has 0 bridgehead atoms. The first-order valence-electron chi connectivity index (χ1n) is 16.7. The lowest BCUT2D eigenvalue weighted by Crippen LogP contribution is -2.06. The van der Waals surface area contributed by atoms with Gasteiger partial charge in [0.15, 0.2) is 11.6 Å². The molecule has 0 N–H and O–H groups in total. The van der Waals surface area contributed by atoms with Gasteiger partial charge in [0, 0.05) is 42.1 Å². The van der Waals surface area contributed by atoms with Crippen LogP contribution in [-0.2, 0) is 0 Å². The summed E-state index contributed by atoms with van der Waals surface area (Å²) in [6.07, 6.45) is 0. The standard InChI is InChI=1S/C45H28N4S/c1-3-12-29(13-4-1)33-26-27-40-38(28-33)35-16-7-9-20-39(35)49(40)45-47-43(31-14-5-2-6-15-31)46-44(48-45)32-24-22-30(23-25-32)34-18-11-19-37-36-17-8-10-21-41(36)50-42(34)37/h1-28H. The number of rotatable bonds is 5. The molecule has 0 radical (unpaired) electrons. The highest BCUT2D eigenvalue weighted by Gasteiger charge is 2.19. The smallest absolute Gasteiger partial charge is 0.238 e. The average molecular weight is 657 g/mol. The van der Waals surface area contributed by atoms with Crippen LogP contribution in [0.5, 0.6) is 0 Å². The van der Waals surface area contributed by atoms with Crippen molar-refractivity contribution < 1.29 is 0 Å². The summed E-state index contributed by atoms with van der Waals surface area (Å²) in [7, 11) is 0. The van der Waals surface area contributed by atoms with Crippen molar-refractivity contribution in [1.29, 1.82) is 0 Å². The zero-order valence-corrected chi connectivity index (χ0v) is 27.7. The third-order valence-electron chi connectivity index (χ3n) is 9.49. The molecule has 7 aromatic carbocycles. The molecule has 0 amide bonds. The Morgan fingerprint density at radius 2 is 0.960 bits per heavy atom. The van der Waals surface area contributed by atoms with E-state index in [0.29, 0.717) is 17.6 Å². The van der Waals surface area contributed by atoms with Gasteiger partial charge in [0.2, 0.25) is 5.95 Å². The Hall–Kier alpha value is -6.43. The number of nitrogens with zero attached hydrogens (tertiary/aromatic N) is 4. The van der Waals surface area contributed by atoms with Crippen molar-refractivity contribution in [3.05, 3.63) is 170 Å². The van der Waals surface area contributed by atoms with Crippen molar-refractivity contribution in [1.82, 2.24) is 19.5 Å². The highest BCUT2D eigenvalue weighted by atomic mass is 32.1. The summed E-state index contributed by atoms with van der Waals surface area (Å²) in [5.41, 5.74) is 8.74. The fourth-order valence-electron chi connectivity index (χ4n) is 7.08. The van der Waals surface area contributed by atoms with Crippen LogP contribution in [0, 0.1) is 0 Å². The maximum Gasteiger partial charge on any atom is 0.238 e. The highest BCUT2D eigenvalue weighted by Crippen LogP contribution is 2.40. The van der Waals surface area contributed by atoms with Crippen LogP contribution in [0.15, 0.2) is 170 Å². The van der Waals surface area contributed by atoms with Crippen LogP contribution in [0.1, 0.15) is 0 Å². The quantitative estimate of drug-likeness (QED) is 0.185. The SMILES string of the molecule is c1ccc(-c2ccc3c(c2)c2ccccc2n3-c2nc(-c3ccccc3)nc(-c3ccc(-c4cccc5c4sc4ccccc45)cc3)n2)cc1. The molecule has 5 heteroatoms. The van der Waals surface area contributed by atoms with Gasteiger partial charge in [-0.3, -0.25) is 4.57 Å². The van der Waals surface area contributed by atoms with Crippen molar-refractivity contribution in [2.75, 3.05) is 0 Å². The van der Waals surface area contributed by atoms with E-state index in [1.807, 2.05) is 29.5 Å². The molecule has 10 rings (SSSR count). The van der Waals surface area contributed by atoms with E-state index in [1.165, 1.54) is 42.4 Å². The summed E-state index contributed by atoms with van der Waals surface area (Å²) < 4.78 is 4.78. The van der Waals surface area contributed by atoms with Gasteiger partial charge in [-0.1, -0.05) is 146 Å². The zero-order chi connectivity index (χ0) is 33.0. The molecule has 0 saturated carbocycles. The first-order valence-corrected chi connectivity index (χ1v) is 17.5. The molecule has 10 aromatic rings. The maximum absolute atomic E-state index is 5.18. The molecule has 0 aliphatic heterocycles. The Labute approximate surface area is 292 Å². The molecule has 234 valence electrons. The van der Waals surface area contributed by atoms with Gasteiger partial charge < -0.3 is 0 Å². The Morgan fingerprint density at radius 3 is 1.74 bits per heavy atom. The minimum Gasteiger partial charge on any atom is -0.278 e. The number of benzene rings is 7. The first-order chi connectivity index (χ1) is 24.8. The summed E-state index contributed by atoms with van der Waals surface area (Å²) in [4.78, 5) is 15.3. The highest BCUT2D eigenvalue weighted by molar-refractivity contribution is 7.26. The van der Waals surface area contributed by atoms with Crippen molar-refractivity contribution in [3.63, 3.8) is 0 Å². The van der Waals surface area contributed by atoms with E-state index in [1.54, 1.807) is 0 Å². The summed E-state index contributed by atoms with van der Waals surface area (Å²) in [6.45, 7) is 0. The van der Waals surface area contributed by atoms with Crippen molar-refractivity contribution in [2.24, 2.45) is 0 Å². The molecule has 0 saturated heterocycles. The third-order valence-corrected chi connectivity index (χ3v) is 10.7. The Balaban J connectivity index is 1.14. The van der Waals surface area contributed by atoms with E-state index in [0.717, 1.165) is 32.9 Å². The maximum atomic E-state index is 5.18. The summed E-state index contributed by atoms with van der Waals surface area (Å²) in [6, 6.07) is 59.7. The number of fused-ring (bicyclic) bond motifs is 6. The Bertz CT molecular complexity index is 2850. The lowest BCUT2D eigenvalue weighted by atomic mass is 10.0. The predicted molar refractivity (Wildman–Crippen MR) is 209 cm³/mol. The fraction of sp³-hybridized carbons (Fsp3) is 0. The third kappa shape index (κ3) is 4.71. The minimum atomic E-state index is 0.589. The molecule has 50 heavy (non-hydrogen) atoms. The number of hydrogen-bond donors (Lipinski definition) is 0. The molecule has 0 fully saturated rings. The van der Waals surface area contributed by atoms with Gasteiger partial charge >= 0.3 is 0 Å². The lowest BCUT2D eigenvalue weighted by molar-refractivity contribution is 0.953. The lowest BCUT2D eigenvalue weighted by Gasteiger charge is -2.11. The van der Waals surface area contributed by atoms with Crippen molar-refractivity contribution >= 4 is 53.3 Å². The van der Waals surface area contributed by atoms with Crippen LogP contribution in [0.4, 0.5) is 0 Å². The molecular formula is C45H28N4S. The van der Waals surface area contributed by atoms with Crippen LogP contribution in [0.2, 0.25) is 0 Å². The monoisotopic (exact) mass is 656 g/mol. The van der Waals surface area contributed by atoms with Gasteiger partial charge in [0.05, 0.1) is 11.0 Å². The van der Waals surface area contributed by atoms with E-state index >= 15 is 0 Å². The van der Waals surface area contributed by atoms with E-state index in [2.05, 4.69) is 156 Å². The molecule has 0 atom stereocenters. The number of para-hydroxylation sites is 1. The summed E-state index contributed by atoms with van der Waals surface area (Å²) >= 11 is 1.85. The fourth-order valence-corrected chi connectivity index (χ4v) is 8.32. The number of thiophene rings is 1. The molecule has 0 spiro atoms. The minimum absolute atomic E-state index is 0.589. The Kier molecular flexibility index (Phi) is 6.64. The molecule has 4 nitrogen and oxygen atoms in total. The van der Waals surface area contributed by atoms with Crippen molar-refractivity contribution in [2.45, 2.75) is 0 Å². The van der Waals surface area contributed by atoms with E-state index in [9.17, 15) is 0 Å². The van der Waals surface area contributed by atoms with Gasteiger partial charge in [0.25, 0.3) is 0 Å². The molecule has 3 heterocycles. The number of hydrogen-bond acceptors (Lipinski definition) is 4. The van der Waals surface area contributed by atoms with Crippen LogP contribution in [-0.4, -0.2) is 19.5 Å². The first kappa shape index (κ1) is 28.6. The topological polar surface area (TPSA) is 43.6 Å². The van der Waals surface area contributed by atoms with Crippen LogP contribution in [0.25, 0.3) is 93.0 Å². The summed E-state index contributed by atoms with van der Waals surface area (Å²) in [5.74, 6) is 1.86. The number of aromatic nitrogens is 4. The molecular weight excluding hydrogens is 629 g/mol.